The summed E-state index contributed by atoms with van der Waals surface area (Å²) >= 11 is 0. The van der Waals surface area contributed by atoms with Gasteiger partial charge in [-0.2, -0.15) is 5.10 Å². The predicted molar refractivity (Wildman–Crippen MR) is 160 cm³/mol. The second kappa shape index (κ2) is 9.69. The first-order chi connectivity index (χ1) is 20.5. The van der Waals surface area contributed by atoms with E-state index >= 15 is 0 Å². The van der Waals surface area contributed by atoms with E-state index in [9.17, 15) is 4.79 Å². The second-order valence-corrected chi connectivity index (χ2v) is 12.2. The van der Waals surface area contributed by atoms with Crippen LogP contribution in [0.3, 0.4) is 0 Å². The zero-order valence-corrected chi connectivity index (χ0v) is 24.1. The zero-order chi connectivity index (χ0) is 28.5. The minimum atomic E-state index is 0.00483. The van der Waals surface area contributed by atoms with E-state index in [2.05, 4.69) is 39.5 Å². The Morgan fingerprint density at radius 1 is 1.14 bits per heavy atom. The highest BCUT2D eigenvalue weighted by Crippen LogP contribution is 2.40. The van der Waals surface area contributed by atoms with E-state index in [4.69, 9.17) is 20.4 Å². The molecule has 2 saturated carbocycles. The first-order valence-corrected chi connectivity index (χ1v) is 15.1. The third-order valence-corrected chi connectivity index (χ3v) is 9.56. The van der Waals surface area contributed by atoms with Gasteiger partial charge >= 0.3 is 0 Å². The Morgan fingerprint density at radius 3 is 2.74 bits per heavy atom. The summed E-state index contributed by atoms with van der Waals surface area (Å²) in [4.78, 5) is 25.8. The molecule has 10 nitrogen and oxygen atoms in total. The number of ether oxygens (including phenoxy) is 1. The number of hydrogen-bond donors (Lipinski definition) is 1. The van der Waals surface area contributed by atoms with Gasteiger partial charge in [-0.25, -0.2) is 9.97 Å². The van der Waals surface area contributed by atoms with Gasteiger partial charge in [0.05, 0.1) is 31.1 Å². The number of likely N-dealkylation sites (tertiary alicyclic amines) is 1. The van der Waals surface area contributed by atoms with Crippen molar-refractivity contribution in [1.82, 2.24) is 33.8 Å². The Balaban J connectivity index is 1.30. The summed E-state index contributed by atoms with van der Waals surface area (Å²) in [5, 5.41) is 5.61. The number of carbonyl (C=O) groups is 1. The van der Waals surface area contributed by atoms with Gasteiger partial charge in [0, 0.05) is 60.6 Å². The summed E-state index contributed by atoms with van der Waals surface area (Å²) in [6, 6.07) is 10.3. The van der Waals surface area contributed by atoms with Crippen molar-refractivity contribution in [1.29, 1.82) is 0 Å². The van der Waals surface area contributed by atoms with Gasteiger partial charge in [-0.3, -0.25) is 9.48 Å². The third kappa shape index (κ3) is 4.03. The normalized spacial score (nSPS) is 21.7. The average molecular weight is 565 g/mol. The number of pyridine rings is 1. The SMILES string of the molecule is CCn1cc(Cn2c(-c3cc4cccnc4n3CC3CC3)nc3cc(C(=O)N4CC5CCC4[C@@H]5N)cc(OC)c32)cn1. The van der Waals surface area contributed by atoms with Gasteiger partial charge in [-0.1, -0.05) is 0 Å². The van der Waals surface area contributed by atoms with Crippen molar-refractivity contribution in [3.05, 3.63) is 60.0 Å². The van der Waals surface area contributed by atoms with Gasteiger partial charge in [-0.05, 0) is 74.8 Å². The summed E-state index contributed by atoms with van der Waals surface area (Å²) in [6.45, 7) is 5.08. The first-order valence-electron chi connectivity index (χ1n) is 15.1. The summed E-state index contributed by atoms with van der Waals surface area (Å²) in [6.07, 6.45) is 10.4. The molecule has 3 fully saturated rings. The zero-order valence-electron chi connectivity index (χ0n) is 24.1. The topological polar surface area (TPSA) is 109 Å². The molecule has 3 aliphatic rings. The fraction of sp³-hybridized carbons (Fsp3) is 0.438. The number of piperidine rings is 1. The lowest BCUT2D eigenvalue weighted by molar-refractivity contribution is 0.0700. The number of nitrogens with two attached hydrogens (primary N) is 1. The van der Waals surface area contributed by atoms with Gasteiger partial charge in [0.2, 0.25) is 0 Å². The minimum Gasteiger partial charge on any atom is -0.494 e. The molecule has 3 atom stereocenters. The standard InChI is InChI=1S/C32H36N8O2/c1-3-37-15-20(14-35-37)17-40-29-24(11-23(13-27(29)42-2)32(41)39-18-22-8-9-25(39)28(22)33)36-31(40)26-12-21-5-4-10-34-30(21)38(26)16-19-6-7-19/h4-5,10-15,19,22,25,28H,3,6-9,16-18,33H2,1-2H3/t22?,25?,28-/m1/s1. The van der Waals surface area contributed by atoms with E-state index in [1.54, 1.807) is 7.11 Å². The largest absolute Gasteiger partial charge is 0.494 e. The Kier molecular flexibility index (Phi) is 5.89. The Morgan fingerprint density at radius 2 is 2.02 bits per heavy atom. The molecule has 2 aliphatic carbocycles. The molecule has 4 aromatic heterocycles. The predicted octanol–water partition coefficient (Wildman–Crippen LogP) is 4.30. The van der Waals surface area contributed by atoms with Crippen LogP contribution in [-0.4, -0.2) is 65.4 Å². The number of aromatic nitrogens is 6. The molecule has 1 amide bonds. The lowest BCUT2D eigenvalue weighted by Crippen LogP contribution is -2.41. The molecular formula is C32H36N8O2. The molecule has 5 heterocycles. The second-order valence-electron chi connectivity index (χ2n) is 12.2. The van der Waals surface area contributed by atoms with Crippen LogP contribution in [0, 0.1) is 11.8 Å². The smallest absolute Gasteiger partial charge is 0.254 e. The highest BCUT2D eigenvalue weighted by atomic mass is 16.5. The van der Waals surface area contributed by atoms with Crippen molar-refractivity contribution in [3.8, 4) is 17.3 Å². The first kappa shape index (κ1) is 25.5. The molecule has 5 aromatic rings. The van der Waals surface area contributed by atoms with E-state index in [-0.39, 0.29) is 18.0 Å². The van der Waals surface area contributed by atoms with Gasteiger partial charge in [0.15, 0.2) is 5.82 Å². The number of benzene rings is 1. The number of carbonyl (C=O) groups excluding carboxylic acids is 1. The van der Waals surface area contributed by atoms with Crippen LogP contribution < -0.4 is 10.5 Å². The van der Waals surface area contributed by atoms with E-state index < -0.39 is 0 Å². The van der Waals surface area contributed by atoms with Gasteiger partial charge < -0.3 is 24.5 Å². The number of imidazole rings is 1. The fourth-order valence-electron chi connectivity index (χ4n) is 7.17. The Hall–Kier alpha value is -4.18. The molecule has 2 unspecified atom stereocenters. The number of methoxy groups -OCH3 is 1. The summed E-state index contributed by atoms with van der Waals surface area (Å²) in [7, 11) is 1.66. The van der Waals surface area contributed by atoms with Crippen molar-refractivity contribution < 1.29 is 9.53 Å². The van der Waals surface area contributed by atoms with Crippen LogP contribution in [-0.2, 0) is 19.6 Å². The lowest BCUT2D eigenvalue weighted by atomic mass is 10.1. The van der Waals surface area contributed by atoms with Crippen molar-refractivity contribution >= 4 is 28.0 Å². The molecule has 42 heavy (non-hydrogen) atoms. The van der Waals surface area contributed by atoms with E-state index in [1.165, 1.54) is 12.8 Å². The molecule has 8 rings (SSSR count). The molecule has 2 N–H and O–H groups in total. The Labute approximate surface area is 244 Å². The lowest BCUT2D eigenvalue weighted by Gasteiger charge is -2.27. The summed E-state index contributed by atoms with van der Waals surface area (Å²) in [5.41, 5.74) is 11.7. The van der Waals surface area contributed by atoms with Crippen molar-refractivity contribution in [3.63, 3.8) is 0 Å². The molecule has 0 radical (unpaired) electrons. The fourth-order valence-corrected chi connectivity index (χ4v) is 7.17. The van der Waals surface area contributed by atoms with Crippen molar-refractivity contribution in [2.75, 3.05) is 13.7 Å². The van der Waals surface area contributed by atoms with E-state index in [1.807, 2.05) is 40.2 Å². The van der Waals surface area contributed by atoms with Crippen LogP contribution in [0.2, 0.25) is 0 Å². The molecular weight excluding hydrogens is 528 g/mol. The molecule has 2 bridgehead atoms. The molecule has 10 heteroatoms. The number of fused-ring (bicyclic) bond motifs is 4. The maximum Gasteiger partial charge on any atom is 0.254 e. The average Bonchev–Trinajstić information content (AvgIpc) is 3.32. The number of amides is 1. The minimum absolute atomic E-state index is 0.00483. The van der Waals surface area contributed by atoms with Crippen LogP contribution in [0.15, 0.2) is 48.9 Å². The number of aryl methyl sites for hydroxylation is 1. The van der Waals surface area contributed by atoms with Crippen molar-refractivity contribution in [2.24, 2.45) is 17.6 Å². The van der Waals surface area contributed by atoms with Crippen LogP contribution in [0.5, 0.6) is 5.75 Å². The third-order valence-electron chi connectivity index (χ3n) is 9.56. The number of hydrogen-bond acceptors (Lipinski definition) is 6. The molecule has 1 saturated heterocycles. The number of nitrogens with zero attached hydrogens (tertiary/aromatic N) is 7. The maximum absolute atomic E-state index is 13.8. The van der Waals surface area contributed by atoms with Crippen LogP contribution >= 0.6 is 0 Å². The highest BCUT2D eigenvalue weighted by molar-refractivity contribution is 6.00. The maximum atomic E-state index is 13.8. The quantitative estimate of drug-likeness (QED) is 0.301. The number of rotatable bonds is 8. The molecule has 1 aliphatic heterocycles. The van der Waals surface area contributed by atoms with E-state index in [0.29, 0.717) is 29.7 Å². The summed E-state index contributed by atoms with van der Waals surface area (Å²) < 4.78 is 12.5. The molecule has 0 spiro atoms. The van der Waals surface area contributed by atoms with Crippen LogP contribution in [0.25, 0.3) is 33.6 Å². The molecule has 1 aromatic carbocycles. The van der Waals surface area contributed by atoms with E-state index in [0.717, 1.165) is 71.6 Å². The van der Waals surface area contributed by atoms with Gasteiger partial charge in [0.25, 0.3) is 5.91 Å². The van der Waals surface area contributed by atoms with Crippen LogP contribution in [0.4, 0.5) is 0 Å². The highest BCUT2D eigenvalue weighted by Gasteiger charge is 2.47. The monoisotopic (exact) mass is 564 g/mol. The van der Waals surface area contributed by atoms with Crippen LogP contribution in [0.1, 0.15) is 48.5 Å². The van der Waals surface area contributed by atoms with Gasteiger partial charge in [0.1, 0.15) is 16.9 Å². The van der Waals surface area contributed by atoms with Crippen molar-refractivity contribution in [2.45, 2.75) is 64.3 Å². The van der Waals surface area contributed by atoms with Gasteiger partial charge in [-0.15, -0.1) is 0 Å². The Bertz CT molecular complexity index is 1830. The molecule has 216 valence electrons. The summed E-state index contributed by atoms with van der Waals surface area (Å²) in [5.74, 6) is 2.52.